The molecule has 0 aromatic heterocycles. The van der Waals surface area contributed by atoms with Crippen LogP contribution in [0, 0.1) is 5.41 Å². The summed E-state index contributed by atoms with van der Waals surface area (Å²) >= 11 is 0. The van der Waals surface area contributed by atoms with Crippen molar-refractivity contribution in [2.24, 2.45) is 5.41 Å². The van der Waals surface area contributed by atoms with E-state index in [1.807, 2.05) is 13.0 Å². The van der Waals surface area contributed by atoms with Gasteiger partial charge in [0.2, 0.25) is 0 Å². The molecule has 2 rings (SSSR count). The third-order valence-corrected chi connectivity index (χ3v) is 4.72. The highest BCUT2D eigenvalue weighted by Crippen LogP contribution is 2.42. The number of aryl methyl sites for hydroxylation is 1. The number of carboxylic acid groups (broad SMARTS) is 1. The molecule has 0 amide bonds. The van der Waals surface area contributed by atoms with E-state index in [0.29, 0.717) is 29.9 Å². The van der Waals surface area contributed by atoms with Gasteiger partial charge in [-0.15, -0.1) is 0 Å². The lowest BCUT2D eigenvalue weighted by molar-refractivity contribution is -0.137. The highest BCUT2D eigenvalue weighted by molar-refractivity contribution is 6.03. The van der Waals surface area contributed by atoms with Gasteiger partial charge < -0.3 is 14.6 Å². The van der Waals surface area contributed by atoms with E-state index in [9.17, 15) is 9.59 Å². The molecule has 0 radical (unpaired) electrons. The Morgan fingerprint density at radius 3 is 2.48 bits per heavy atom. The van der Waals surface area contributed by atoms with Crippen molar-refractivity contribution in [3.05, 3.63) is 23.3 Å². The number of unbranched alkanes of at least 4 members (excludes halogenated alkanes) is 1. The molecule has 1 N–H and O–H groups in total. The fraction of sp³-hybridized carbons (Fsp3) is 0.556. The molecule has 5 nitrogen and oxygen atoms in total. The lowest BCUT2D eigenvalue weighted by atomic mass is 9.69. The van der Waals surface area contributed by atoms with Crippen LogP contribution in [0.3, 0.4) is 0 Å². The highest BCUT2D eigenvalue weighted by atomic mass is 16.5. The molecule has 126 valence electrons. The summed E-state index contributed by atoms with van der Waals surface area (Å²) in [4.78, 5) is 23.5. The van der Waals surface area contributed by atoms with E-state index >= 15 is 0 Å². The molecule has 0 bridgehead atoms. The van der Waals surface area contributed by atoms with Gasteiger partial charge in [0.1, 0.15) is 0 Å². The summed E-state index contributed by atoms with van der Waals surface area (Å²) in [6.45, 7) is 1.98. The summed E-state index contributed by atoms with van der Waals surface area (Å²) in [6, 6.07) is 3.65. The van der Waals surface area contributed by atoms with Gasteiger partial charge >= 0.3 is 5.97 Å². The van der Waals surface area contributed by atoms with Gasteiger partial charge in [0.15, 0.2) is 17.3 Å². The number of carbonyl (C=O) groups excluding carboxylic acids is 1. The Kier molecular flexibility index (Phi) is 5.29. The van der Waals surface area contributed by atoms with Gasteiger partial charge in [-0.2, -0.15) is 0 Å². The molecule has 23 heavy (non-hydrogen) atoms. The zero-order valence-electron chi connectivity index (χ0n) is 14.0. The van der Waals surface area contributed by atoms with Crippen LogP contribution in [0.5, 0.6) is 11.5 Å². The predicted octanol–water partition coefficient (Wildman–Crippen LogP) is 3.48. The number of hydrogen-bond donors (Lipinski definition) is 1. The van der Waals surface area contributed by atoms with Crippen molar-refractivity contribution in [3.8, 4) is 11.5 Å². The molecular formula is C18H24O5. The van der Waals surface area contributed by atoms with E-state index in [4.69, 9.17) is 14.6 Å². The highest BCUT2D eigenvalue weighted by Gasteiger charge is 2.38. The van der Waals surface area contributed by atoms with Crippen molar-refractivity contribution < 1.29 is 24.2 Å². The third-order valence-electron chi connectivity index (χ3n) is 4.72. The standard InChI is InChI=1S/C18H24O5/c1-18(8-5-4-6-16(19)20)9-7-12-10-14(22-2)15(23-3)11-13(12)17(18)21/h10-11H,4-9H2,1-3H3,(H,19,20). The maximum Gasteiger partial charge on any atom is 0.303 e. The van der Waals surface area contributed by atoms with Crippen molar-refractivity contribution in [2.75, 3.05) is 14.2 Å². The van der Waals surface area contributed by atoms with Crippen LogP contribution in [0.4, 0.5) is 0 Å². The van der Waals surface area contributed by atoms with E-state index in [-0.39, 0.29) is 12.2 Å². The maximum absolute atomic E-state index is 12.9. The number of methoxy groups -OCH3 is 2. The number of carbonyl (C=O) groups is 2. The van der Waals surface area contributed by atoms with Gasteiger partial charge in [0.25, 0.3) is 0 Å². The van der Waals surface area contributed by atoms with Crippen molar-refractivity contribution in [3.63, 3.8) is 0 Å². The van der Waals surface area contributed by atoms with Crippen molar-refractivity contribution in [1.82, 2.24) is 0 Å². The van der Waals surface area contributed by atoms with Crippen LogP contribution < -0.4 is 9.47 Å². The second-order valence-corrected chi connectivity index (χ2v) is 6.35. The molecule has 1 aromatic rings. The lowest BCUT2D eigenvalue weighted by Crippen LogP contribution is -2.33. The fourth-order valence-corrected chi connectivity index (χ4v) is 3.22. The summed E-state index contributed by atoms with van der Waals surface area (Å²) in [7, 11) is 3.14. The summed E-state index contributed by atoms with van der Waals surface area (Å²) in [5.41, 5.74) is 1.27. The number of aliphatic carboxylic acids is 1. The third kappa shape index (κ3) is 3.66. The van der Waals surface area contributed by atoms with Crippen LogP contribution >= 0.6 is 0 Å². The van der Waals surface area contributed by atoms with Crippen molar-refractivity contribution >= 4 is 11.8 Å². The number of hydrogen-bond acceptors (Lipinski definition) is 4. The second kappa shape index (κ2) is 7.02. The summed E-state index contributed by atoms with van der Waals surface area (Å²) in [5, 5.41) is 8.71. The van der Waals surface area contributed by atoms with Gasteiger partial charge in [0, 0.05) is 17.4 Å². The lowest BCUT2D eigenvalue weighted by Gasteiger charge is -2.33. The Bertz CT molecular complexity index is 608. The summed E-state index contributed by atoms with van der Waals surface area (Å²) in [5.74, 6) is 0.543. The largest absolute Gasteiger partial charge is 0.493 e. The van der Waals surface area contributed by atoms with Gasteiger partial charge in [-0.3, -0.25) is 9.59 Å². The molecule has 0 saturated heterocycles. The molecule has 0 saturated carbocycles. The van der Waals surface area contributed by atoms with Crippen LogP contribution in [-0.2, 0) is 11.2 Å². The number of carboxylic acids is 1. The van der Waals surface area contributed by atoms with Gasteiger partial charge in [-0.1, -0.05) is 13.3 Å². The molecule has 1 aliphatic carbocycles. The Morgan fingerprint density at radius 2 is 1.87 bits per heavy atom. The Morgan fingerprint density at radius 1 is 1.22 bits per heavy atom. The zero-order valence-corrected chi connectivity index (χ0v) is 14.0. The first-order chi connectivity index (χ1) is 10.9. The molecule has 1 unspecified atom stereocenters. The Labute approximate surface area is 136 Å². The minimum absolute atomic E-state index is 0.120. The average molecular weight is 320 g/mol. The minimum atomic E-state index is -0.785. The normalized spacial score (nSPS) is 20.0. The SMILES string of the molecule is COc1cc2c(cc1OC)C(=O)C(C)(CCCCC(=O)O)CC2. The van der Waals surface area contributed by atoms with Gasteiger partial charge in [0.05, 0.1) is 14.2 Å². The molecule has 1 atom stereocenters. The average Bonchev–Trinajstić information content (AvgIpc) is 2.54. The van der Waals surface area contributed by atoms with Crippen molar-refractivity contribution in [1.29, 1.82) is 0 Å². The number of ether oxygens (including phenoxy) is 2. The van der Waals surface area contributed by atoms with E-state index in [0.717, 1.165) is 24.8 Å². The minimum Gasteiger partial charge on any atom is -0.493 e. The van der Waals surface area contributed by atoms with E-state index in [1.165, 1.54) is 0 Å². The van der Waals surface area contributed by atoms with E-state index in [1.54, 1.807) is 20.3 Å². The van der Waals surface area contributed by atoms with Crippen LogP contribution in [0.1, 0.15) is 54.9 Å². The molecule has 1 aliphatic rings. The summed E-state index contributed by atoms with van der Waals surface area (Å²) in [6.07, 6.45) is 3.82. The monoisotopic (exact) mass is 320 g/mol. The number of fused-ring (bicyclic) bond motifs is 1. The van der Waals surface area contributed by atoms with E-state index < -0.39 is 11.4 Å². The predicted molar refractivity (Wildman–Crippen MR) is 86.4 cm³/mol. The van der Waals surface area contributed by atoms with E-state index in [2.05, 4.69) is 0 Å². The number of benzene rings is 1. The Balaban J connectivity index is 2.17. The fourth-order valence-electron chi connectivity index (χ4n) is 3.22. The maximum atomic E-state index is 12.9. The first-order valence-corrected chi connectivity index (χ1v) is 7.93. The number of Topliss-reactive ketones (excluding diaryl/α,β-unsaturated/α-hetero) is 1. The van der Waals surface area contributed by atoms with Crippen LogP contribution in [0.2, 0.25) is 0 Å². The zero-order chi connectivity index (χ0) is 17.0. The molecular weight excluding hydrogens is 296 g/mol. The number of ketones is 1. The quantitative estimate of drug-likeness (QED) is 0.779. The van der Waals surface area contributed by atoms with Gasteiger partial charge in [-0.05, 0) is 43.4 Å². The Hall–Kier alpha value is -2.04. The van der Waals surface area contributed by atoms with Gasteiger partial charge in [-0.25, -0.2) is 0 Å². The topological polar surface area (TPSA) is 72.8 Å². The molecule has 0 aliphatic heterocycles. The molecule has 0 heterocycles. The van der Waals surface area contributed by atoms with Crippen LogP contribution in [0.25, 0.3) is 0 Å². The smallest absolute Gasteiger partial charge is 0.303 e. The molecule has 0 spiro atoms. The molecule has 5 heteroatoms. The van der Waals surface area contributed by atoms with Crippen molar-refractivity contribution in [2.45, 2.75) is 45.4 Å². The van der Waals surface area contributed by atoms with Crippen LogP contribution in [-0.4, -0.2) is 31.1 Å². The second-order valence-electron chi connectivity index (χ2n) is 6.35. The van der Waals surface area contributed by atoms with Crippen LogP contribution in [0.15, 0.2) is 12.1 Å². The molecule has 1 aromatic carbocycles. The number of rotatable bonds is 7. The summed E-state index contributed by atoms with van der Waals surface area (Å²) < 4.78 is 10.6. The first kappa shape index (κ1) is 17.3. The molecule has 0 fully saturated rings. The first-order valence-electron chi connectivity index (χ1n) is 7.93.